The van der Waals surface area contributed by atoms with Crippen LogP contribution in [0.15, 0.2) is 14.9 Å². The summed E-state index contributed by atoms with van der Waals surface area (Å²) >= 11 is 0. The molecule has 2 aromatic heterocycles. The van der Waals surface area contributed by atoms with Crippen molar-refractivity contribution in [1.29, 1.82) is 0 Å². The van der Waals surface area contributed by atoms with E-state index in [0.717, 1.165) is 4.90 Å². The lowest BCUT2D eigenvalue weighted by Gasteiger charge is -2.20. The first kappa shape index (κ1) is 15.3. The summed E-state index contributed by atoms with van der Waals surface area (Å²) in [7, 11) is 0. The van der Waals surface area contributed by atoms with Crippen molar-refractivity contribution in [2.75, 3.05) is 0 Å². The number of nitrogens with one attached hydrogen (secondary N) is 1. The van der Waals surface area contributed by atoms with E-state index >= 15 is 0 Å². The fraction of sp³-hybridized carbons (Fsp3) is 0.467. The summed E-state index contributed by atoms with van der Waals surface area (Å²) in [5, 5.41) is 10.4. The Labute approximate surface area is 132 Å². The van der Waals surface area contributed by atoms with Crippen LogP contribution in [0.2, 0.25) is 0 Å². The van der Waals surface area contributed by atoms with E-state index in [9.17, 15) is 9.59 Å². The molecular formula is C15H18N4O4. The molecule has 1 aliphatic heterocycles. The van der Waals surface area contributed by atoms with Crippen molar-refractivity contribution in [3.63, 3.8) is 0 Å². The maximum absolute atomic E-state index is 12.8. The van der Waals surface area contributed by atoms with Gasteiger partial charge in [0.25, 0.3) is 5.91 Å². The highest BCUT2D eigenvalue weighted by atomic mass is 16.4. The molecule has 122 valence electrons. The highest BCUT2D eigenvalue weighted by Crippen LogP contribution is 2.33. The summed E-state index contributed by atoms with van der Waals surface area (Å²) in [6, 6.07) is 1.27. The summed E-state index contributed by atoms with van der Waals surface area (Å²) in [6.07, 6.45) is 0.596. The Hall–Kier alpha value is -2.64. The molecule has 1 atom stereocenters. The minimum atomic E-state index is -1.16. The van der Waals surface area contributed by atoms with Gasteiger partial charge in [0.1, 0.15) is 23.6 Å². The van der Waals surface area contributed by atoms with E-state index in [4.69, 9.17) is 8.83 Å². The number of nitrogens with zero attached hydrogens (tertiary/aromatic N) is 3. The summed E-state index contributed by atoms with van der Waals surface area (Å²) in [5.74, 6) is 1.61. The monoisotopic (exact) mass is 318 g/mol. The summed E-state index contributed by atoms with van der Waals surface area (Å²) in [5.41, 5.74) is -0.511. The number of carbonyl (C=O) groups is 2. The Balaban J connectivity index is 1.88. The molecule has 23 heavy (non-hydrogen) atoms. The lowest BCUT2D eigenvalue weighted by atomic mass is 9.92. The number of carbonyl (C=O) groups excluding carboxylic acids is 2. The van der Waals surface area contributed by atoms with Gasteiger partial charge in [-0.15, -0.1) is 10.2 Å². The number of rotatable bonds is 4. The third-order valence-corrected chi connectivity index (χ3v) is 3.96. The molecule has 0 radical (unpaired) electrons. The predicted molar refractivity (Wildman–Crippen MR) is 78.3 cm³/mol. The van der Waals surface area contributed by atoms with Gasteiger partial charge in [0.05, 0.1) is 0 Å². The van der Waals surface area contributed by atoms with Gasteiger partial charge < -0.3 is 14.2 Å². The number of amides is 3. The van der Waals surface area contributed by atoms with Crippen LogP contribution in [0.3, 0.4) is 0 Å². The van der Waals surface area contributed by atoms with Crippen LogP contribution in [0.5, 0.6) is 0 Å². The minimum absolute atomic E-state index is 0.0524. The number of imide groups is 1. The molecule has 0 bridgehead atoms. The van der Waals surface area contributed by atoms with Crippen LogP contribution in [-0.2, 0) is 23.3 Å². The first-order valence-corrected chi connectivity index (χ1v) is 7.38. The maximum atomic E-state index is 12.8. The third-order valence-electron chi connectivity index (χ3n) is 3.96. The summed E-state index contributed by atoms with van der Waals surface area (Å²) in [6.45, 7) is 7.05. The predicted octanol–water partition coefficient (Wildman–Crippen LogP) is 1.81. The van der Waals surface area contributed by atoms with Gasteiger partial charge in [0, 0.05) is 12.0 Å². The minimum Gasteiger partial charge on any atom is -0.466 e. The van der Waals surface area contributed by atoms with E-state index in [1.165, 1.54) is 0 Å². The SMILES string of the molecule is CCc1nnc(CN2C(=O)NC(C)(c3cc(C)oc3C)C2=O)o1. The van der Waals surface area contributed by atoms with Crippen LogP contribution in [0.1, 0.15) is 42.7 Å². The average molecular weight is 318 g/mol. The van der Waals surface area contributed by atoms with Crippen molar-refractivity contribution in [2.24, 2.45) is 0 Å². The van der Waals surface area contributed by atoms with Crippen molar-refractivity contribution in [1.82, 2.24) is 20.4 Å². The maximum Gasteiger partial charge on any atom is 0.325 e. The van der Waals surface area contributed by atoms with Gasteiger partial charge in [0.2, 0.25) is 11.8 Å². The summed E-state index contributed by atoms with van der Waals surface area (Å²) < 4.78 is 10.9. The lowest BCUT2D eigenvalue weighted by molar-refractivity contribution is -0.131. The van der Waals surface area contributed by atoms with E-state index in [0.29, 0.717) is 29.4 Å². The van der Waals surface area contributed by atoms with E-state index in [-0.39, 0.29) is 18.3 Å². The average Bonchev–Trinajstić information content (AvgIpc) is 3.14. The molecule has 0 aromatic carbocycles. The van der Waals surface area contributed by atoms with Crippen LogP contribution >= 0.6 is 0 Å². The second-order valence-corrected chi connectivity index (χ2v) is 5.72. The zero-order valence-electron chi connectivity index (χ0n) is 13.5. The smallest absolute Gasteiger partial charge is 0.325 e. The molecule has 1 unspecified atom stereocenters. The highest BCUT2D eigenvalue weighted by Gasteiger charge is 2.50. The van der Waals surface area contributed by atoms with Crippen LogP contribution < -0.4 is 5.32 Å². The van der Waals surface area contributed by atoms with Gasteiger partial charge in [-0.2, -0.15) is 0 Å². The molecule has 1 N–H and O–H groups in total. The Bertz CT molecular complexity index is 778. The quantitative estimate of drug-likeness (QED) is 0.863. The van der Waals surface area contributed by atoms with Crippen molar-refractivity contribution in [3.05, 3.63) is 34.9 Å². The molecule has 2 aromatic rings. The van der Waals surface area contributed by atoms with Crippen LogP contribution in [0.4, 0.5) is 4.79 Å². The molecule has 0 saturated carbocycles. The largest absolute Gasteiger partial charge is 0.466 e. The van der Waals surface area contributed by atoms with E-state index < -0.39 is 11.6 Å². The molecule has 1 saturated heterocycles. The molecular weight excluding hydrogens is 300 g/mol. The highest BCUT2D eigenvalue weighted by molar-refractivity contribution is 6.07. The Kier molecular flexibility index (Phi) is 3.46. The summed E-state index contributed by atoms with van der Waals surface area (Å²) in [4.78, 5) is 26.1. The fourth-order valence-electron chi connectivity index (χ4n) is 2.78. The number of urea groups is 1. The van der Waals surface area contributed by atoms with Gasteiger partial charge in [-0.3, -0.25) is 9.69 Å². The van der Waals surface area contributed by atoms with Crippen molar-refractivity contribution in [2.45, 2.75) is 46.2 Å². The Morgan fingerprint density at radius 3 is 2.48 bits per heavy atom. The zero-order valence-corrected chi connectivity index (χ0v) is 13.5. The molecule has 8 heteroatoms. The molecule has 1 aliphatic rings. The first-order chi connectivity index (χ1) is 10.8. The second-order valence-electron chi connectivity index (χ2n) is 5.72. The van der Waals surface area contributed by atoms with Gasteiger partial charge >= 0.3 is 6.03 Å². The van der Waals surface area contributed by atoms with E-state index in [2.05, 4.69) is 15.5 Å². The second kappa shape index (κ2) is 5.22. The third kappa shape index (κ3) is 2.39. The molecule has 3 rings (SSSR count). The zero-order chi connectivity index (χ0) is 16.8. The van der Waals surface area contributed by atoms with E-state index in [1.54, 1.807) is 26.8 Å². The topological polar surface area (TPSA) is 101 Å². The van der Waals surface area contributed by atoms with Crippen LogP contribution in [-0.4, -0.2) is 27.0 Å². The Morgan fingerprint density at radius 1 is 1.22 bits per heavy atom. The van der Waals surface area contributed by atoms with Gasteiger partial charge in [-0.25, -0.2) is 4.79 Å². The molecule has 0 spiro atoms. The number of aromatic nitrogens is 2. The van der Waals surface area contributed by atoms with Crippen LogP contribution in [0.25, 0.3) is 0 Å². The molecule has 3 heterocycles. The molecule has 8 nitrogen and oxygen atoms in total. The van der Waals surface area contributed by atoms with Crippen molar-refractivity contribution in [3.8, 4) is 0 Å². The van der Waals surface area contributed by atoms with Crippen molar-refractivity contribution >= 4 is 11.9 Å². The van der Waals surface area contributed by atoms with Gasteiger partial charge in [-0.05, 0) is 26.8 Å². The standard InChI is InChI=1S/C15H18N4O4/c1-5-11-17-18-12(23-11)7-19-13(20)15(4,16-14(19)21)10-6-8(2)22-9(10)3/h6H,5,7H2,1-4H3,(H,16,21). The molecule has 3 amide bonds. The Morgan fingerprint density at radius 2 is 1.91 bits per heavy atom. The molecule has 0 aliphatic carbocycles. The van der Waals surface area contributed by atoms with Crippen LogP contribution in [0, 0.1) is 13.8 Å². The lowest BCUT2D eigenvalue weighted by Crippen LogP contribution is -2.41. The normalized spacial score (nSPS) is 21.1. The van der Waals surface area contributed by atoms with Gasteiger partial charge in [-0.1, -0.05) is 6.92 Å². The van der Waals surface area contributed by atoms with Crippen molar-refractivity contribution < 1.29 is 18.4 Å². The number of hydrogen-bond donors (Lipinski definition) is 1. The number of hydrogen-bond acceptors (Lipinski definition) is 6. The molecule has 1 fully saturated rings. The first-order valence-electron chi connectivity index (χ1n) is 7.38. The van der Waals surface area contributed by atoms with Gasteiger partial charge in [0.15, 0.2) is 0 Å². The number of furan rings is 1. The fourth-order valence-corrected chi connectivity index (χ4v) is 2.78. The number of aryl methyl sites for hydroxylation is 3. The van der Waals surface area contributed by atoms with E-state index in [1.807, 2.05) is 6.92 Å².